The van der Waals surface area contributed by atoms with E-state index in [-0.39, 0.29) is 23.4 Å². The number of ketones is 1. The molecule has 2 rings (SSSR count). The summed E-state index contributed by atoms with van der Waals surface area (Å²) in [4.78, 5) is 36.7. The topological polar surface area (TPSA) is 84.5 Å². The Kier molecular flexibility index (Phi) is 8.03. The van der Waals surface area contributed by atoms with Crippen molar-refractivity contribution in [3.05, 3.63) is 59.7 Å². The van der Waals surface area contributed by atoms with Crippen LogP contribution in [0.4, 0.5) is 5.69 Å². The van der Waals surface area contributed by atoms with Crippen LogP contribution in [-0.2, 0) is 9.53 Å². The second-order valence-electron chi connectivity index (χ2n) is 5.72. The molecule has 2 aromatic rings. The number of carbonyl (C=O) groups excluding carboxylic acids is 3. The molecule has 0 aromatic heterocycles. The Morgan fingerprint density at radius 1 is 1.07 bits per heavy atom. The van der Waals surface area contributed by atoms with Gasteiger partial charge < -0.3 is 15.4 Å². The first kappa shape index (κ1) is 20.7. The molecule has 0 heterocycles. The van der Waals surface area contributed by atoms with Crippen molar-refractivity contribution in [3.63, 3.8) is 0 Å². The molecule has 0 fully saturated rings. The highest BCUT2D eigenvalue weighted by molar-refractivity contribution is 8.00. The van der Waals surface area contributed by atoms with Crippen molar-refractivity contribution in [2.45, 2.75) is 11.8 Å². The number of ether oxygens (including phenoxy) is 1. The molecule has 2 aromatic carbocycles. The first-order valence-corrected chi connectivity index (χ1v) is 9.39. The number of carbonyl (C=O) groups is 3. The van der Waals surface area contributed by atoms with Crippen LogP contribution in [0.25, 0.3) is 0 Å². The molecule has 0 spiro atoms. The molecule has 0 saturated carbocycles. The zero-order chi connectivity index (χ0) is 19.6. The summed E-state index contributed by atoms with van der Waals surface area (Å²) in [5, 5.41) is 5.54. The van der Waals surface area contributed by atoms with Gasteiger partial charge in [0.15, 0.2) is 5.78 Å². The van der Waals surface area contributed by atoms with Crippen molar-refractivity contribution in [2.75, 3.05) is 31.3 Å². The fourth-order valence-electron chi connectivity index (χ4n) is 2.28. The Bertz CT molecular complexity index is 823. The average Bonchev–Trinajstić information content (AvgIpc) is 2.67. The number of rotatable bonds is 9. The van der Waals surface area contributed by atoms with E-state index >= 15 is 0 Å². The third-order valence-electron chi connectivity index (χ3n) is 3.65. The van der Waals surface area contributed by atoms with Crippen LogP contribution in [0.3, 0.4) is 0 Å². The van der Waals surface area contributed by atoms with E-state index in [1.165, 1.54) is 18.7 Å². The molecule has 0 atom stereocenters. The lowest BCUT2D eigenvalue weighted by molar-refractivity contribution is -0.118. The van der Waals surface area contributed by atoms with Gasteiger partial charge in [0.25, 0.3) is 5.91 Å². The van der Waals surface area contributed by atoms with Crippen molar-refractivity contribution < 1.29 is 19.1 Å². The van der Waals surface area contributed by atoms with Crippen LogP contribution in [0.5, 0.6) is 0 Å². The summed E-state index contributed by atoms with van der Waals surface area (Å²) in [6.07, 6.45) is 0. The van der Waals surface area contributed by atoms with Crippen molar-refractivity contribution >= 4 is 35.0 Å². The molecule has 27 heavy (non-hydrogen) atoms. The van der Waals surface area contributed by atoms with E-state index in [0.717, 1.165) is 0 Å². The minimum atomic E-state index is -0.293. The third-order valence-corrected chi connectivity index (χ3v) is 4.72. The van der Waals surface area contributed by atoms with Gasteiger partial charge in [0.1, 0.15) is 0 Å². The Labute approximate surface area is 162 Å². The van der Waals surface area contributed by atoms with E-state index in [1.807, 2.05) is 6.07 Å². The number of thioether (sulfide) groups is 1. The molecular weight excluding hydrogens is 364 g/mol. The number of Topliss-reactive ketones (excluding diaryl/α,β-unsaturated/α-hetero) is 1. The van der Waals surface area contributed by atoms with E-state index in [2.05, 4.69) is 10.6 Å². The SMILES string of the molecule is COCCNC(=O)CSc1ccccc1C(=O)Nc1cccc(C(C)=O)c1. The molecule has 2 amide bonds. The molecule has 7 heteroatoms. The number of methoxy groups -OCH3 is 1. The standard InChI is InChI=1S/C20H22N2O4S/c1-14(23)15-6-5-7-16(12-15)22-20(25)17-8-3-4-9-18(17)27-13-19(24)21-10-11-26-2/h3-9,12H,10-11,13H2,1-2H3,(H,21,24)(H,22,25). The lowest BCUT2D eigenvalue weighted by Gasteiger charge is -2.11. The Morgan fingerprint density at radius 2 is 1.85 bits per heavy atom. The molecule has 0 unspecified atom stereocenters. The van der Waals surface area contributed by atoms with Crippen molar-refractivity contribution in [1.29, 1.82) is 0 Å². The van der Waals surface area contributed by atoms with E-state index in [1.54, 1.807) is 49.6 Å². The summed E-state index contributed by atoms with van der Waals surface area (Å²) >= 11 is 1.29. The fourth-order valence-corrected chi connectivity index (χ4v) is 3.16. The summed E-state index contributed by atoms with van der Waals surface area (Å²) in [6.45, 7) is 2.38. The highest BCUT2D eigenvalue weighted by Crippen LogP contribution is 2.23. The first-order chi connectivity index (χ1) is 13.0. The first-order valence-electron chi connectivity index (χ1n) is 8.41. The lowest BCUT2D eigenvalue weighted by Crippen LogP contribution is -2.28. The normalized spacial score (nSPS) is 10.3. The van der Waals surface area contributed by atoms with Crippen LogP contribution in [0, 0.1) is 0 Å². The Hall–Kier alpha value is -2.64. The van der Waals surface area contributed by atoms with Crippen LogP contribution in [0.1, 0.15) is 27.6 Å². The lowest BCUT2D eigenvalue weighted by atomic mass is 10.1. The largest absolute Gasteiger partial charge is 0.383 e. The van der Waals surface area contributed by atoms with E-state index in [4.69, 9.17) is 4.74 Å². The number of anilines is 1. The van der Waals surface area contributed by atoms with Gasteiger partial charge in [-0.1, -0.05) is 24.3 Å². The monoisotopic (exact) mass is 386 g/mol. The summed E-state index contributed by atoms with van der Waals surface area (Å²) in [5.74, 6) is -0.282. The van der Waals surface area contributed by atoms with Crippen molar-refractivity contribution in [2.24, 2.45) is 0 Å². The van der Waals surface area contributed by atoms with Gasteiger partial charge in [-0.15, -0.1) is 11.8 Å². The molecule has 0 aliphatic carbocycles. The maximum absolute atomic E-state index is 12.6. The van der Waals surface area contributed by atoms with Gasteiger partial charge in [-0.25, -0.2) is 0 Å². The van der Waals surface area contributed by atoms with Gasteiger partial charge in [0, 0.05) is 29.8 Å². The van der Waals surface area contributed by atoms with Gasteiger partial charge in [-0.2, -0.15) is 0 Å². The molecule has 142 valence electrons. The van der Waals surface area contributed by atoms with E-state index in [9.17, 15) is 14.4 Å². The number of nitrogens with one attached hydrogen (secondary N) is 2. The predicted molar refractivity (Wildman–Crippen MR) is 106 cm³/mol. The van der Waals surface area contributed by atoms with Crippen LogP contribution in [-0.4, -0.2) is 43.6 Å². The summed E-state index contributed by atoms with van der Waals surface area (Å²) in [5.41, 5.74) is 1.55. The highest BCUT2D eigenvalue weighted by atomic mass is 32.2. The summed E-state index contributed by atoms with van der Waals surface area (Å²) < 4.78 is 4.89. The molecule has 0 aliphatic heterocycles. The minimum absolute atomic E-state index is 0.0680. The van der Waals surface area contributed by atoms with Crippen molar-refractivity contribution in [3.8, 4) is 0 Å². The molecular formula is C20H22N2O4S. The molecule has 0 bridgehead atoms. The second kappa shape index (κ2) is 10.5. The third kappa shape index (κ3) is 6.54. The maximum Gasteiger partial charge on any atom is 0.256 e. The molecule has 2 N–H and O–H groups in total. The van der Waals surface area contributed by atoms with Gasteiger partial charge in [0.2, 0.25) is 5.91 Å². The van der Waals surface area contributed by atoms with Gasteiger partial charge >= 0.3 is 0 Å². The van der Waals surface area contributed by atoms with Gasteiger partial charge in [-0.05, 0) is 31.2 Å². The van der Waals surface area contributed by atoms with Crippen LogP contribution in [0.15, 0.2) is 53.4 Å². The highest BCUT2D eigenvalue weighted by Gasteiger charge is 2.13. The van der Waals surface area contributed by atoms with Gasteiger partial charge in [-0.3, -0.25) is 14.4 Å². The smallest absolute Gasteiger partial charge is 0.256 e. The Balaban J connectivity index is 2.03. The second-order valence-corrected chi connectivity index (χ2v) is 6.74. The Morgan fingerprint density at radius 3 is 2.59 bits per heavy atom. The fraction of sp³-hybridized carbons (Fsp3) is 0.250. The van der Waals surface area contributed by atoms with Gasteiger partial charge in [0.05, 0.1) is 17.9 Å². The summed E-state index contributed by atoms with van der Waals surface area (Å²) in [7, 11) is 1.57. The van der Waals surface area contributed by atoms with Crippen LogP contribution >= 0.6 is 11.8 Å². The van der Waals surface area contributed by atoms with E-state index in [0.29, 0.717) is 34.9 Å². The number of hydrogen-bond acceptors (Lipinski definition) is 5. The van der Waals surface area contributed by atoms with E-state index < -0.39 is 0 Å². The quantitative estimate of drug-likeness (QED) is 0.393. The predicted octanol–water partition coefficient (Wildman–Crippen LogP) is 3.00. The van der Waals surface area contributed by atoms with Crippen LogP contribution < -0.4 is 10.6 Å². The molecule has 6 nitrogen and oxygen atoms in total. The minimum Gasteiger partial charge on any atom is -0.383 e. The number of amides is 2. The summed E-state index contributed by atoms with van der Waals surface area (Å²) in [6, 6.07) is 13.9. The zero-order valence-corrected chi connectivity index (χ0v) is 16.1. The number of benzene rings is 2. The van der Waals surface area contributed by atoms with Crippen molar-refractivity contribution in [1.82, 2.24) is 5.32 Å². The zero-order valence-electron chi connectivity index (χ0n) is 15.3. The molecule has 0 radical (unpaired) electrons. The maximum atomic E-state index is 12.6. The number of hydrogen-bond donors (Lipinski definition) is 2. The molecule has 0 saturated heterocycles. The average molecular weight is 386 g/mol. The molecule has 0 aliphatic rings. The van der Waals surface area contributed by atoms with Crippen LogP contribution in [0.2, 0.25) is 0 Å².